The summed E-state index contributed by atoms with van der Waals surface area (Å²) < 4.78 is 10.9. The number of ether oxygens (including phenoxy) is 2. The van der Waals surface area contributed by atoms with Crippen LogP contribution in [0.3, 0.4) is 0 Å². The number of Topliss-reactive ketones (excluding diaryl/α,β-unsaturated/α-hetero) is 1. The molecule has 31 heavy (non-hydrogen) atoms. The predicted molar refractivity (Wildman–Crippen MR) is 114 cm³/mol. The zero-order valence-electron chi connectivity index (χ0n) is 15.5. The Morgan fingerprint density at radius 1 is 1.03 bits per heavy atom. The Labute approximate surface area is 185 Å². The number of nitrogens with zero attached hydrogens (tertiary/aromatic N) is 1. The van der Waals surface area contributed by atoms with Gasteiger partial charge >= 0.3 is 5.97 Å². The molecule has 1 heterocycles. The molecule has 7 nitrogen and oxygen atoms in total. The second-order valence-electron chi connectivity index (χ2n) is 6.43. The van der Waals surface area contributed by atoms with Crippen LogP contribution in [0.25, 0.3) is 6.08 Å². The van der Waals surface area contributed by atoms with Crippen molar-refractivity contribution in [2.45, 2.75) is 0 Å². The summed E-state index contributed by atoms with van der Waals surface area (Å²) in [5, 5.41) is 11.4. The van der Waals surface area contributed by atoms with Crippen molar-refractivity contribution in [1.82, 2.24) is 0 Å². The Hall–Kier alpha value is -3.68. The number of carbonyl (C=O) groups is 2. The molecular formula is C22H11Cl2NO6. The van der Waals surface area contributed by atoms with Gasteiger partial charge in [0.1, 0.15) is 11.5 Å². The molecule has 3 aromatic carbocycles. The second kappa shape index (κ2) is 8.22. The first-order valence-corrected chi connectivity index (χ1v) is 9.58. The summed E-state index contributed by atoms with van der Waals surface area (Å²) in [6.07, 6.45) is 1.45. The average molecular weight is 456 g/mol. The number of non-ortho nitro benzene ring substituents is 1. The van der Waals surface area contributed by atoms with Gasteiger partial charge in [0.15, 0.2) is 5.76 Å². The minimum atomic E-state index is -0.710. The number of benzene rings is 3. The van der Waals surface area contributed by atoms with E-state index in [2.05, 4.69) is 0 Å². The standard InChI is InChI=1S/C22H11Cl2NO6/c23-17-2-1-3-18(24)16(17)11-20-21(26)15-9-8-14(10-19(15)31-20)30-22(27)12-4-6-13(7-5-12)25(28)29/h1-11H/b20-11-. The maximum absolute atomic E-state index is 12.6. The number of hydrogen-bond acceptors (Lipinski definition) is 6. The van der Waals surface area contributed by atoms with Crippen molar-refractivity contribution in [2.24, 2.45) is 0 Å². The Kier molecular flexibility index (Phi) is 5.46. The maximum Gasteiger partial charge on any atom is 0.343 e. The lowest BCUT2D eigenvalue weighted by atomic mass is 10.1. The topological polar surface area (TPSA) is 95.7 Å². The van der Waals surface area contributed by atoms with E-state index in [0.717, 1.165) is 0 Å². The van der Waals surface area contributed by atoms with Crippen LogP contribution in [-0.4, -0.2) is 16.7 Å². The molecular weight excluding hydrogens is 445 g/mol. The van der Waals surface area contributed by atoms with Gasteiger partial charge in [-0.25, -0.2) is 4.79 Å². The molecule has 0 saturated carbocycles. The molecule has 0 spiro atoms. The van der Waals surface area contributed by atoms with Crippen LogP contribution in [0, 0.1) is 10.1 Å². The van der Waals surface area contributed by atoms with Crippen molar-refractivity contribution < 1.29 is 24.0 Å². The first-order valence-electron chi connectivity index (χ1n) is 8.82. The lowest BCUT2D eigenvalue weighted by Crippen LogP contribution is -2.08. The summed E-state index contributed by atoms with van der Waals surface area (Å²) in [5.41, 5.74) is 0.743. The van der Waals surface area contributed by atoms with Crippen molar-refractivity contribution in [2.75, 3.05) is 0 Å². The minimum Gasteiger partial charge on any atom is -0.452 e. The molecule has 0 aliphatic carbocycles. The number of halogens is 2. The number of rotatable bonds is 4. The molecule has 0 aromatic heterocycles. The normalized spacial score (nSPS) is 13.6. The molecule has 0 N–H and O–H groups in total. The first kappa shape index (κ1) is 20.6. The number of ketones is 1. The lowest BCUT2D eigenvalue weighted by Gasteiger charge is -2.06. The van der Waals surface area contributed by atoms with Crippen LogP contribution in [0.15, 0.2) is 66.4 Å². The van der Waals surface area contributed by atoms with E-state index in [0.29, 0.717) is 21.2 Å². The van der Waals surface area contributed by atoms with Crippen molar-refractivity contribution >= 4 is 46.7 Å². The molecule has 0 amide bonds. The molecule has 0 radical (unpaired) electrons. The summed E-state index contributed by atoms with van der Waals surface area (Å²) in [6, 6.07) is 14.3. The SMILES string of the molecule is O=C(Oc1ccc2c(c1)O/C(=C\c1c(Cl)cccc1Cl)C2=O)c1ccc([N+](=O)[O-])cc1. The third-order valence-electron chi connectivity index (χ3n) is 4.44. The zero-order chi connectivity index (χ0) is 22.1. The van der Waals surface area contributed by atoms with Crippen LogP contribution >= 0.6 is 23.2 Å². The number of hydrogen-bond donors (Lipinski definition) is 0. The van der Waals surface area contributed by atoms with Gasteiger partial charge in [-0.15, -0.1) is 0 Å². The molecule has 9 heteroatoms. The third kappa shape index (κ3) is 4.14. The molecule has 0 unspecified atom stereocenters. The number of carbonyl (C=O) groups excluding carboxylic acids is 2. The van der Waals surface area contributed by atoms with Gasteiger partial charge in [0.2, 0.25) is 5.78 Å². The highest BCUT2D eigenvalue weighted by molar-refractivity contribution is 6.37. The zero-order valence-corrected chi connectivity index (χ0v) is 17.0. The molecule has 0 atom stereocenters. The Bertz CT molecular complexity index is 1250. The van der Waals surface area contributed by atoms with Crippen LogP contribution in [0.4, 0.5) is 5.69 Å². The van der Waals surface area contributed by atoms with E-state index >= 15 is 0 Å². The fourth-order valence-electron chi connectivity index (χ4n) is 2.90. The van der Waals surface area contributed by atoms with Crippen molar-refractivity contribution in [3.63, 3.8) is 0 Å². The fourth-order valence-corrected chi connectivity index (χ4v) is 3.40. The summed E-state index contributed by atoms with van der Waals surface area (Å²) >= 11 is 12.3. The third-order valence-corrected chi connectivity index (χ3v) is 5.10. The predicted octanol–water partition coefficient (Wildman–Crippen LogP) is 5.74. The van der Waals surface area contributed by atoms with E-state index in [1.165, 1.54) is 48.5 Å². The summed E-state index contributed by atoms with van der Waals surface area (Å²) in [5.74, 6) is -0.679. The monoisotopic (exact) mass is 455 g/mol. The largest absolute Gasteiger partial charge is 0.452 e. The van der Waals surface area contributed by atoms with Crippen molar-refractivity contribution in [1.29, 1.82) is 0 Å². The molecule has 3 aromatic rings. The number of esters is 1. The summed E-state index contributed by atoms with van der Waals surface area (Å²) in [4.78, 5) is 35.1. The van der Waals surface area contributed by atoms with Crippen molar-refractivity contribution in [3.8, 4) is 11.5 Å². The van der Waals surface area contributed by atoms with Crippen LogP contribution in [0.2, 0.25) is 10.0 Å². The molecule has 0 saturated heterocycles. The summed E-state index contributed by atoms with van der Waals surface area (Å²) in [6.45, 7) is 0. The van der Waals surface area contributed by atoms with E-state index in [9.17, 15) is 19.7 Å². The smallest absolute Gasteiger partial charge is 0.343 e. The van der Waals surface area contributed by atoms with Gasteiger partial charge in [-0.2, -0.15) is 0 Å². The van der Waals surface area contributed by atoms with E-state index in [-0.39, 0.29) is 34.3 Å². The number of allylic oxidation sites excluding steroid dienone is 1. The van der Waals surface area contributed by atoms with Crippen LogP contribution in [0.1, 0.15) is 26.3 Å². The number of nitro groups is 1. The highest BCUT2D eigenvalue weighted by Crippen LogP contribution is 2.36. The Morgan fingerprint density at radius 2 is 1.71 bits per heavy atom. The quantitative estimate of drug-likeness (QED) is 0.163. The number of nitro benzene ring substituents is 1. The fraction of sp³-hybridized carbons (Fsp3) is 0. The first-order chi connectivity index (χ1) is 14.8. The molecule has 0 bridgehead atoms. The van der Waals surface area contributed by atoms with Crippen LogP contribution in [0.5, 0.6) is 11.5 Å². The molecule has 1 aliphatic heterocycles. The van der Waals surface area contributed by atoms with Gasteiger partial charge in [-0.3, -0.25) is 14.9 Å². The van der Waals surface area contributed by atoms with Crippen molar-refractivity contribution in [3.05, 3.63) is 103 Å². The molecule has 4 rings (SSSR count). The minimum absolute atomic E-state index is 0.0313. The highest BCUT2D eigenvalue weighted by atomic mass is 35.5. The molecule has 0 fully saturated rings. The van der Waals surface area contributed by atoms with Crippen LogP contribution in [-0.2, 0) is 0 Å². The highest BCUT2D eigenvalue weighted by Gasteiger charge is 2.28. The maximum atomic E-state index is 12.6. The second-order valence-corrected chi connectivity index (χ2v) is 7.24. The average Bonchev–Trinajstić information content (AvgIpc) is 3.05. The van der Waals surface area contributed by atoms with Gasteiger partial charge in [-0.1, -0.05) is 29.3 Å². The Balaban J connectivity index is 1.55. The number of fused-ring (bicyclic) bond motifs is 1. The Morgan fingerprint density at radius 3 is 2.35 bits per heavy atom. The molecule has 154 valence electrons. The summed E-state index contributed by atoms with van der Waals surface area (Å²) in [7, 11) is 0. The van der Waals surface area contributed by atoms with Gasteiger partial charge in [0.25, 0.3) is 5.69 Å². The van der Waals surface area contributed by atoms with Crippen LogP contribution < -0.4 is 9.47 Å². The van der Waals surface area contributed by atoms with Gasteiger partial charge in [0, 0.05) is 33.8 Å². The molecule has 1 aliphatic rings. The van der Waals surface area contributed by atoms with Gasteiger partial charge < -0.3 is 9.47 Å². The van der Waals surface area contributed by atoms with E-state index in [1.807, 2.05) is 0 Å². The van der Waals surface area contributed by atoms with Gasteiger partial charge in [-0.05, 0) is 42.5 Å². The van der Waals surface area contributed by atoms with E-state index in [4.69, 9.17) is 32.7 Å². The van der Waals surface area contributed by atoms with E-state index in [1.54, 1.807) is 18.2 Å². The lowest BCUT2D eigenvalue weighted by molar-refractivity contribution is -0.384. The van der Waals surface area contributed by atoms with Gasteiger partial charge in [0.05, 0.1) is 16.1 Å². The van der Waals surface area contributed by atoms with E-state index < -0.39 is 10.9 Å².